The molecule has 0 spiro atoms. The molecule has 0 unspecified atom stereocenters. The van der Waals surface area contributed by atoms with E-state index in [1.165, 1.54) is 25.7 Å². The molecule has 2 N–H and O–H groups in total. The number of rotatable bonds is 7. The molecule has 1 heterocycles. The number of aryl methyl sites for hydroxylation is 1. The molecule has 26 heavy (non-hydrogen) atoms. The summed E-state index contributed by atoms with van der Waals surface area (Å²) in [6, 6.07) is 8.72. The minimum absolute atomic E-state index is 0.550. The molecule has 6 heteroatoms. The Balaban J connectivity index is 1.67. The van der Waals surface area contributed by atoms with E-state index in [0.29, 0.717) is 18.5 Å². The van der Waals surface area contributed by atoms with E-state index in [0.717, 1.165) is 42.3 Å². The SMILES string of the molecule is CCCc1noc(-c2cccc(CN=C(NCC)NC3CCCC3)c2)n1. The number of aromatic nitrogens is 2. The Morgan fingerprint density at radius 1 is 1.27 bits per heavy atom. The standard InChI is InChI=1S/C20H29N5O/c1-3-8-18-24-19(26-25-18)16-10-7-9-15(13-16)14-22-20(21-4-2)23-17-11-5-6-12-17/h7,9-10,13,17H,3-6,8,11-12,14H2,1-2H3,(H2,21,22,23). The molecule has 1 saturated carbocycles. The maximum Gasteiger partial charge on any atom is 0.257 e. The monoisotopic (exact) mass is 355 g/mol. The molecule has 1 aliphatic rings. The van der Waals surface area contributed by atoms with Crippen LogP contribution in [0, 0.1) is 0 Å². The fourth-order valence-electron chi connectivity index (χ4n) is 3.25. The molecular weight excluding hydrogens is 326 g/mol. The van der Waals surface area contributed by atoms with Crippen LogP contribution >= 0.6 is 0 Å². The predicted octanol–water partition coefficient (Wildman–Crippen LogP) is 3.69. The van der Waals surface area contributed by atoms with Gasteiger partial charge in [0.15, 0.2) is 11.8 Å². The first-order valence-corrected chi connectivity index (χ1v) is 9.75. The van der Waals surface area contributed by atoms with Crippen molar-refractivity contribution in [1.82, 2.24) is 20.8 Å². The van der Waals surface area contributed by atoms with Gasteiger partial charge in [0.05, 0.1) is 6.54 Å². The molecule has 0 bridgehead atoms. The van der Waals surface area contributed by atoms with E-state index in [1.54, 1.807) is 0 Å². The van der Waals surface area contributed by atoms with Crippen LogP contribution in [-0.4, -0.2) is 28.7 Å². The predicted molar refractivity (Wildman–Crippen MR) is 104 cm³/mol. The summed E-state index contributed by atoms with van der Waals surface area (Å²) in [5.74, 6) is 2.24. The molecule has 1 aromatic carbocycles. The maximum absolute atomic E-state index is 5.39. The molecule has 3 rings (SSSR count). The van der Waals surface area contributed by atoms with E-state index < -0.39 is 0 Å². The summed E-state index contributed by atoms with van der Waals surface area (Å²) in [5.41, 5.74) is 2.07. The van der Waals surface area contributed by atoms with Gasteiger partial charge in [-0.15, -0.1) is 0 Å². The number of guanidine groups is 1. The van der Waals surface area contributed by atoms with Gasteiger partial charge < -0.3 is 15.2 Å². The van der Waals surface area contributed by atoms with Crippen LogP contribution in [0.1, 0.15) is 57.3 Å². The van der Waals surface area contributed by atoms with Crippen molar-refractivity contribution in [3.8, 4) is 11.5 Å². The van der Waals surface area contributed by atoms with Gasteiger partial charge in [0.2, 0.25) is 0 Å². The fraction of sp³-hybridized carbons (Fsp3) is 0.550. The number of hydrogen-bond acceptors (Lipinski definition) is 4. The van der Waals surface area contributed by atoms with Crippen molar-refractivity contribution in [1.29, 1.82) is 0 Å². The Kier molecular flexibility index (Phi) is 6.63. The Hall–Kier alpha value is -2.37. The molecule has 1 fully saturated rings. The third-order valence-corrected chi connectivity index (χ3v) is 4.58. The Bertz CT molecular complexity index is 718. The molecule has 140 valence electrons. The van der Waals surface area contributed by atoms with E-state index in [2.05, 4.69) is 46.8 Å². The first-order valence-electron chi connectivity index (χ1n) is 9.75. The Morgan fingerprint density at radius 2 is 2.12 bits per heavy atom. The summed E-state index contributed by atoms with van der Waals surface area (Å²) in [5, 5.41) is 10.9. The van der Waals surface area contributed by atoms with Gasteiger partial charge in [0, 0.05) is 24.6 Å². The van der Waals surface area contributed by atoms with Gasteiger partial charge in [-0.1, -0.05) is 37.1 Å². The quantitative estimate of drug-likeness (QED) is 0.585. The second-order valence-electron chi connectivity index (χ2n) is 6.79. The zero-order chi connectivity index (χ0) is 18.2. The topological polar surface area (TPSA) is 75.3 Å². The van der Waals surface area contributed by atoms with Crippen LogP contribution in [0.25, 0.3) is 11.5 Å². The molecule has 0 radical (unpaired) electrons. The first kappa shape index (κ1) is 18.4. The van der Waals surface area contributed by atoms with Crippen molar-refractivity contribution in [2.45, 2.75) is 65.0 Å². The second kappa shape index (κ2) is 9.36. The molecule has 1 aliphatic carbocycles. The van der Waals surface area contributed by atoms with Gasteiger partial charge in [0.25, 0.3) is 5.89 Å². The third-order valence-electron chi connectivity index (χ3n) is 4.58. The maximum atomic E-state index is 5.39. The normalized spacial score (nSPS) is 15.4. The van der Waals surface area contributed by atoms with Crippen LogP contribution in [0.15, 0.2) is 33.8 Å². The van der Waals surface area contributed by atoms with Crippen molar-refractivity contribution < 1.29 is 4.52 Å². The lowest BCUT2D eigenvalue weighted by molar-refractivity contribution is 0.422. The van der Waals surface area contributed by atoms with Crippen molar-refractivity contribution in [3.63, 3.8) is 0 Å². The highest BCUT2D eigenvalue weighted by molar-refractivity contribution is 5.80. The average molecular weight is 355 g/mol. The summed E-state index contributed by atoms with van der Waals surface area (Å²) in [6.45, 7) is 5.68. The Labute approximate surface area is 155 Å². The molecule has 0 amide bonds. The second-order valence-corrected chi connectivity index (χ2v) is 6.79. The van der Waals surface area contributed by atoms with Crippen molar-refractivity contribution in [3.05, 3.63) is 35.7 Å². The number of nitrogens with one attached hydrogen (secondary N) is 2. The van der Waals surface area contributed by atoms with Crippen LogP contribution < -0.4 is 10.6 Å². The van der Waals surface area contributed by atoms with Gasteiger partial charge in [-0.3, -0.25) is 0 Å². The molecule has 0 saturated heterocycles. The molecule has 2 aromatic rings. The van der Waals surface area contributed by atoms with Crippen molar-refractivity contribution in [2.75, 3.05) is 6.54 Å². The van der Waals surface area contributed by atoms with E-state index in [4.69, 9.17) is 9.52 Å². The zero-order valence-electron chi connectivity index (χ0n) is 15.8. The van der Waals surface area contributed by atoms with Crippen LogP contribution in [0.5, 0.6) is 0 Å². The van der Waals surface area contributed by atoms with Gasteiger partial charge in [-0.2, -0.15) is 4.98 Å². The van der Waals surface area contributed by atoms with E-state index in [-0.39, 0.29) is 0 Å². The van der Waals surface area contributed by atoms with Gasteiger partial charge in [-0.25, -0.2) is 4.99 Å². The number of aliphatic imine (C=N–C) groups is 1. The third kappa shape index (κ3) is 5.07. The van der Waals surface area contributed by atoms with Gasteiger partial charge in [0.1, 0.15) is 0 Å². The van der Waals surface area contributed by atoms with Crippen LogP contribution in [0.3, 0.4) is 0 Å². The summed E-state index contributed by atoms with van der Waals surface area (Å²) < 4.78 is 5.39. The van der Waals surface area contributed by atoms with Crippen LogP contribution in [0.4, 0.5) is 0 Å². The van der Waals surface area contributed by atoms with Crippen LogP contribution in [0.2, 0.25) is 0 Å². The van der Waals surface area contributed by atoms with Crippen molar-refractivity contribution in [2.24, 2.45) is 4.99 Å². The van der Waals surface area contributed by atoms with Gasteiger partial charge >= 0.3 is 0 Å². The van der Waals surface area contributed by atoms with E-state index >= 15 is 0 Å². The Morgan fingerprint density at radius 3 is 2.88 bits per heavy atom. The molecule has 0 atom stereocenters. The minimum Gasteiger partial charge on any atom is -0.357 e. The highest BCUT2D eigenvalue weighted by Crippen LogP contribution is 2.20. The largest absolute Gasteiger partial charge is 0.357 e. The highest BCUT2D eigenvalue weighted by atomic mass is 16.5. The summed E-state index contributed by atoms with van der Waals surface area (Å²) >= 11 is 0. The molecule has 0 aliphatic heterocycles. The molecule has 1 aromatic heterocycles. The minimum atomic E-state index is 0.550. The highest BCUT2D eigenvalue weighted by Gasteiger charge is 2.15. The number of benzene rings is 1. The zero-order valence-corrected chi connectivity index (χ0v) is 15.8. The average Bonchev–Trinajstić information content (AvgIpc) is 3.33. The summed E-state index contributed by atoms with van der Waals surface area (Å²) in [6.07, 6.45) is 6.93. The lowest BCUT2D eigenvalue weighted by atomic mass is 10.1. The molecular formula is C20H29N5O. The van der Waals surface area contributed by atoms with Crippen LogP contribution in [-0.2, 0) is 13.0 Å². The fourth-order valence-corrected chi connectivity index (χ4v) is 3.25. The van der Waals surface area contributed by atoms with E-state index in [9.17, 15) is 0 Å². The van der Waals surface area contributed by atoms with Gasteiger partial charge in [-0.05, 0) is 43.9 Å². The first-order chi connectivity index (χ1) is 12.8. The summed E-state index contributed by atoms with van der Waals surface area (Å²) in [4.78, 5) is 9.21. The number of nitrogens with zero attached hydrogens (tertiary/aromatic N) is 3. The molecule has 6 nitrogen and oxygen atoms in total. The van der Waals surface area contributed by atoms with E-state index in [1.807, 2.05) is 12.1 Å². The lowest BCUT2D eigenvalue weighted by Crippen LogP contribution is -2.42. The smallest absolute Gasteiger partial charge is 0.257 e. The lowest BCUT2D eigenvalue weighted by Gasteiger charge is -2.16. The number of hydrogen-bond donors (Lipinski definition) is 2. The van der Waals surface area contributed by atoms with Crippen molar-refractivity contribution >= 4 is 5.96 Å². The summed E-state index contributed by atoms with van der Waals surface area (Å²) in [7, 11) is 0.